The second kappa shape index (κ2) is 7.40. The monoisotopic (exact) mass is 360 g/mol. The first-order valence-corrected chi connectivity index (χ1v) is 8.24. The van der Waals surface area contributed by atoms with Crippen molar-refractivity contribution in [3.63, 3.8) is 0 Å². The van der Waals surface area contributed by atoms with Gasteiger partial charge in [0.1, 0.15) is 17.4 Å². The molecule has 25 heavy (non-hydrogen) atoms. The summed E-state index contributed by atoms with van der Waals surface area (Å²) in [5, 5.41) is 0. The van der Waals surface area contributed by atoms with E-state index in [4.69, 9.17) is 4.74 Å². The summed E-state index contributed by atoms with van der Waals surface area (Å²) in [4.78, 5) is 16.6. The Morgan fingerprint density at radius 1 is 1.20 bits per heavy atom. The van der Waals surface area contributed by atoms with Crippen LogP contribution in [0.3, 0.4) is 0 Å². The van der Waals surface area contributed by atoms with Gasteiger partial charge < -0.3 is 9.30 Å². The van der Waals surface area contributed by atoms with E-state index in [1.807, 2.05) is 0 Å². The quantitative estimate of drug-likeness (QED) is 0.652. The first-order valence-electron chi connectivity index (χ1n) is 7.42. The number of hydrogen-bond acceptors (Lipinski definition) is 3. The van der Waals surface area contributed by atoms with E-state index in [-0.39, 0.29) is 18.2 Å². The summed E-state index contributed by atoms with van der Waals surface area (Å²) in [7, 11) is 0. The Morgan fingerprint density at radius 3 is 2.64 bits per heavy atom. The first-order chi connectivity index (χ1) is 12.1. The molecule has 0 atom stereocenters. The Balaban J connectivity index is 1.86. The van der Waals surface area contributed by atoms with E-state index in [2.05, 4.69) is 11.6 Å². The molecule has 4 nitrogen and oxygen atoms in total. The number of amides is 1. The van der Waals surface area contributed by atoms with Gasteiger partial charge in [-0.05, 0) is 42.5 Å². The zero-order valence-corrected chi connectivity index (χ0v) is 13.9. The Kier molecular flexibility index (Phi) is 5.04. The van der Waals surface area contributed by atoms with Crippen molar-refractivity contribution in [3.05, 3.63) is 71.6 Å². The smallest absolute Gasteiger partial charge is 0.286 e. The molecule has 0 N–H and O–H groups in total. The molecule has 0 bridgehead atoms. The van der Waals surface area contributed by atoms with Crippen LogP contribution < -0.4 is 9.54 Å². The standard InChI is InChI=1S/C18H14F2N2O2S/c1-2-9-22-15-8-5-13(20)10-16(15)25-18(22)21-17(23)11-24-14-6-3-12(19)4-7-14/h2-8,10H,1,9,11H2. The molecule has 1 aromatic heterocycles. The molecule has 1 amide bonds. The summed E-state index contributed by atoms with van der Waals surface area (Å²) < 4.78 is 34.0. The highest BCUT2D eigenvalue weighted by Gasteiger charge is 2.08. The summed E-state index contributed by atoms with van der Waals surface area (Å²) in [6.45, 7) is 3.86. The minimum Gasteiger partial charge on any atom is -0.484 e. The Labute approximate surface area is 146 Å². The number of rotatable bonds is 5. The molecule has 1 heterocycles. The number of allylic oxidation sites excluding steroid dienone is 1. The Morgan fingerprint density at radius 2 is 1.92 bits per heavy atom. The molecule has 0 fully saturated rings. The van der Waals surface area contributed by atoms with Crippen molar-refractivity contribution in [2.24, 2.45) is 4.99 Å². The molecular weight excluding hydrogens is 346 g/mol. The number of nitrogens with zero attached hydrogens (tertiary/aromatic N) is 2. The average Bonchev–Trinajstić information content (AvgIpc) is 2.91. The third-order valence-electron chi connectivity index (χ3n) is 3.35. The maximum atomic E-state index is 13.4. The van der Waals surface area contributed by atoms with Crippen LogP contribution in [-0.2, 0) is 11.3 Å². The van der Waals surface area contributed by atoms with Gasteiger partial charge in [0.25, 0.3) is 5.91 Å². The third kappa shape index (κ3) is 4.00. The predicted molar refractivity (Wildman–Crippen MR) is 92.4 cm³/mol. The van der Waals surface area contributed by atoms with Gasteiger partial charge in [0, 0.05) is 6.54 Å². The second-order valence-corrected chi connectivity index (χ2v) is 6.15. The van der Waals surface area contributed by atoms with Crippen LogP contribution in [-0.4, -0.2) is 17.1 Å². The highest BCUT2D eigenvalue weighted by molar-refractivity contribution is 7.16. The van der Waals surface area contributed by atoms with E-state index >= 15 is 0 Å². The minimum atomic E-state index is -0.492. The molecule has 0 radical (unpaired) electrons. The van der Waals surface area contributed by atoms with Crippen LogP contribution in [0, 0.1) is 11.6 Å². The number of fused-ring (bicyclic) bond motifs is 1. The molecule has 0 spiro atoms. The molecule has 0 aliphatic rings. The van der Waals surface area contributed by atoms with Crippen molar-refractivity contribution in [1.82, 2.24) is 4.57 Å². The summed E-state index contributed by atoms with van der Waals surface area (Å²) in [6.07, 6.45) is 1.67. The van der Waals surface area contributed by atoms with Crippen molar-refractivity contribution in [2.75, 3.05) is 6.61 Å². The van der Waals surface area contributed by atoms with Gasteiger partial charge in [-0.2, -0.15) is 4.99 Å². The molecule has 0 unspecified atom stereocenters. The second-order valence-electron chi connectivity index (χ2n) is 5.14. The lowest BCUT2D eigenvalue weighted by Crippen LogP contribution is -2.19. The van der Waals surface area contributed by atoms with Crippen LogP contribution in [0.25, 0.3) is 10.2 Å². The summed E-state index contributed by atoms with van der Waals surface area (Å²) in [5.41, 5.74) is 0.775. The fourth-order valence-corrected chi connectivity index (χ4v) is 3.33. The zero-order chi connectivity index (χ0) is 17.8. The van der Waals surface area contributed by atoms with Gasteiger partial charge >= 0.3 is 0 Å². The summed E-state index contributed by atoms with van der Waals surface area (Å²) in [6, 6.07) is 9.76. The largest absolute Gasteiger partial charge is 0.484 e. The van der Waals surface area contributed by atoms with E-state index < -0.39 is 5.91 Å². The molecule has 3 rings (SSSR count). The number of halogens is 2. The first kappa shape index (κ1) is 17.0. The number of benzene rings is 2. The van der Waals surface area contributed by atoms with E-state index in [0.29, 0.717) is 21.8 Å². The van der Waals surface area contributed by atoms with Crippen LogP contribution in [0.2, 0.25) is 0 Å². The predicted octanol–water partition coefficient (Wildman–Crippen LogP) is 3.67. The van der Waals surface area contributed by atoms with Gasteiger partial charge in [-0.3, -0.25) is 4.79 Å². The van der Waals surface area contributed by atoms with Crippen LogP contribution in [0.4, 0.5) is 8.78 Å². The number of carbonyl (C=O) groups is 1. The van der Waals surface area contributed by atoms with Crippen LogP contribution in [0.5, 0.6) is 5.75 Å². The Bertz CT molecular complexity index is 990. The molecule has 3 aromatic rings. The van der Waals surface area contributed by atoms with Crippen molar-refractivity contribution >= 4 is 27.5 Å². The van der Waals surface area contributed by atoms with Gasteiger partial charge in [0.05, 0.1) is 10.2 Å². The average molecular weight is 360 g/mol. The van der Waals surface area contributed by atoms with Gasteiger partial charge in [0.2, 0.25) is 0 Å². The molecule has 2 aromatic carbocycles. The van der Waals surface area contributed by atoms with Crippen molar-refractivity contribution in [2.45, 2.75) is 6.54 Å². The lowest BCUT2D eigenvalue weighted by Gasteiger charge is -2.03. The highest BCUT2D eigenvalue weighted by Crippen LogP contribution is 2.18. The topological polar surface area (TPSA) is 43.6 Å². The number of hydrogen-bond donors (Lipinski definition) is 0. The summed E-state index contributed by atoms with van der Waals surface area (Å²) in [5.74, 6) is -0.847. The third-order valence-corrected chi connectivity index (χ3v) is 4.39. The van der Waals surface area contributed by atoms with E-state index in [1.165, 1.54) is 47.7 Å². The minimum absolute atomic E-state index is 0.275. The van der Waals surface area contributed by atoms with Crippen LogP contribution in [0.15, 0.2) is 60.1 Å². The summed E-state index contributed by atoms with van der Waals surface area (Å²) >= 11 is 1.21. The zero-order valence-electron chi connectivity index (χ0n) is 13.1. The Hall–Kier alpha value is -2.80. The van der Waals surface area contributed by atoms with Crippen molar-refractivity contribution < 1.29 is 18.3 Å². The molecule has 128 valence electrons. The number of ether oxygens (including phenoxy) is 1. The molecular formula is C18H14F2N2O2S. The maximum absolute atomic E-state index is 13.4. The molecule has 0 aliphatic heterocycles. The van der Waals surface area contributed by atoms with Crippen LogP contribution in [0.1, 0.15) is 0 Å². The number of thiazole rings is 1. The maximum Gasteiger partial charge on any atom is 0.286 e. The lowest BCUT2D eigenvalue weighted by molar-refractivity contribution is -0.120. The van der Waals surface area contributed by atoms with E-state index in [0.717, 1.165) is 5.52 Å². The van der Waals surface area contributed by atoms with Gasteiger partial charge in [-0.15, -0.1) is 6.58 Å². The van der Waals surface area contributed by atoms with E-state index in [9.17, 15) is 13.6 Å². The molecule has 0 saturated carbocycles. The van der Waals surface area contributed by atoms with Crippen LogP contribution >= 0.6 is 11.3 Å². The van der Waals surface area contributed by atoms with Gasteiger partial charge in [0.15, 0.2) is 11.4 Å². The number of carbonyl (C=O) groups excluding carboxylic acids is 1. The lowest BCUT2D eigenvalue weighted by atomic mass is 10.3. The SMILES string of the molecule is C=CCn1c(=NC(=O)COc2ccc(F)cc2)sc2cc(F)ccc21. The molecule has 0 aliphatic carbocycles. The normalized spacial score (nSPS) is 11.7. The fourth-order valence-electron chi connectivity index (χ4n) is 2.25. The molecule has 7 heteroatoms. The van der Waals surface area contributed by atoms with Crippen molar-refractivity contribution in [3.8, 4) is 5.75 Å². The highest BCUT2D eigenvalue weighted by atomic mass is 32.1. The van der Waals surface area contributed by atoms with Gasteiger partial charge in [-0.1, -0.05) is 17.4 Å². The van der Waals surface area contributed by atoms with Crippen molar-refractivity contribution in [1.29, 1.82) is 0 Å². The molecule has 0 saturated heterocycles. The van der Waals surface area contributed by atoms with Gasteiger partial charge in [-0.25, -0.2) is 8.78 Å². The number of aromatic nitrogens is 1. The van der Waals surface area contributed by atoms with E-state index in [1.54, 1.807) is 16.7 Å². The fraction of sp³-hybridized carbons (Fsp3) is 0.111.